The van der Waals surface area contributed by atoms with E-state index in [1.807, 2.05) is 19.1 Å². The molecular formula is C25H26N4O. The molecule has 3 aromatic rings. The van der Waals surface area contributed by atoms with Gasteiger partial charge in [0.2, 0.25) is 0 Å². The van der Waals surface area contributed by atoms with E-state index >= 15 is 0 Å². The average Bonchev–Trinajstić information content (AvgIpc) is 3.19. The summed E-state index contributed by atoms with van der Waals surface area (Å²) < 4.78 is 5.15. The van der Waals surface area contributed by atoms with Crippen molar-refractivity contribution in [3.05, 3.63) is 83.3 Å². The fourth-order valence-corrected chi connectivity index (χ4v) is 3.99. The average molecular weight is 399 g/mol. The van der Waals surface area contributed by atoms with Gasteiger partial charge in [-0.3, -0.25) is 0 Å². The van der Waals surface area contributed by atoms with Crippen molar-refractivity contribution in [1.82, 2.24) is 10.1 Å². The van der Waals surface area contributed by atoms with Crippen LogP contribution in [0, 0.1) is 25.2 Å². The van der Waals surface area contributed by atoms with E-state index in [1.165, 1.54) is 5.56 Å². The minimum absolute atomic E-state index is 0.536. The van der Waals surface area contributed by atoms with Crippen LogP contribution < -0.4 is 5.32 Å². The molecule has 152 valence electrons. The van der Waals surface area contributed by atoms with E-state index in [-0.39, 0.29) is 0 Å². The Labute approximate surface area is 177 Å². The van der Waals surface area contributed by atoms with Gasteiger partial charge in [0.25, 0.3) is 0 Å². The predicted molar refractivity (Wildman–Crippen MR) is 119 cm³/mol. The number of aromatic nitrogens is 1. The fourth-order valence-electron chi connectivity index (χ4n) is 3.99. The number of nitrogens with one attached hydrogen (secondary N) is 1. The van der Waals surface area contributed by atoms with Gasteiger partial charge in [0.05, 0.1) is 17.8 Å². The van der Waals surface area contributed by atoms with Gasteiger partial charge in [-0.05, 0) is 67.5 Å². The lowest BCUT2D eigenvalue weighted by molar-refractivity contribution is 0.299. The monoisotopic (exact) mass is 398 g/mol. The molecule has 1 N–H and O–H groups in total. The van der Waals surface area contributed by atoms with Crippen molar-refractivity contribution in [3.63, 3.8) is 0 Å². The van der Waals surface area contributed by atoms with Crippen molar-refractivity contribution in [2.24, 2.45) is 0 Å². The number of hydrogen-bond acceptors (Lipinski definition) is 5. The van der Waals surface area contributed by atoms with Gasteiger partial charge in [0, 0.05) is 24.5 Å². The van der Waals surface area contributed by atoms with E-state index in [9.17, 15) is 0 Å². The van der Waals surface area contributed by atoms with Crippen LogP contribution in [0.5, 0.6) is 0 Å². The molecule has 1 saturated heterocycles. The second kappa shape index (κ2) is 8.46. The Morgan fingerprint density at radius 2 is 1.87 bits per heavy atom. The van der Waals surface area contributed by atoms with E-state index in [2.05, 4.69) is 65.3 Å². The van der Waals surface area contributed by atoms with Crippen molar-refractivity contribution in [2.75, 3.05) is 18.4 Å². The molecule has 0 atom stereocenters. The molecule has 2 aromatic carbocycles. The highest BCUT2D eigenvalue weighted by Crippen LogP contribution is 2.33. The molecule has 0 aliphatic carbocycles. The Hall–Kier alpha value is -3.52. The summed E-state index contributed by atoms with van der Waals surface area (Å²) in [4.78, 5) is 2.37. The third kappa shape index (κ3) is 4.08. The molecule has 0 spiro atoms. The molecule has 1 aliphatic rings. The van der Waals surface area contributed by atoms with Crippen LogP contribution in [-0.2, 0) is 0 Å². The first kappa shape index (κ1) is 19.8. The zero-order valence-electron chi connectivity index (χ0n) is 17.5. The Morgan fingerprint density at radius 3 is 2.50 bits per heavy atom. The Kier molecular flexibility index (Phi) is 5.58. The molecule has 4 rings (SSSR count). The molecule has 0 unspecified atom stereocenters. The normalized spacial score (nSPS) is 14.4. The lowest BCUT2D eigenvalue weighted by Crippen LogP contribution is -2.31. The minimum Gasteiger partial charge on any atom is -0.371 e. The topological polar surface area (TPSA) is 65.1 Å². The Balaban J connectivity index is 1.43. The van der Waals surface area contributed by atoms with Crippen molar-refractivity contribution in [3.8, 4) is 6.07 Å². The molecule has 0 amide bonds. The highest BCUT2D eigenvalue weighted by atomic mass is 16.5. The Morgan fingerprint density at radius 1 is 1.13 bits per heavy atom. The van der Waals surface area contributed by atoms with Crippen LogP contribution in [0.15, 0.2) is 59.8 Å². The number of aryl methyl sites for hydroxylation is 2. The van der Waals surface area contributed by atoms with Crippen molar-refractivity contribution < 1.29 is 4.52 Å². The summed E-state index contributed by atoms with van der Waals surface area (Å²) in [6.07, 6.45) is 3.87. The second-order valence-corrected chi connectivity index (χ2v) is 7.89. The molecule has 1 aromatic heterocycles. The zero-order chi connectivity index (χ0) is 21.1. The molecule has 5 nitrogen and oxygen atoms in total. The van der Waals surface area contributed by atoms with Gasteiger partial charge < -0.3 is 14.7 Å². The van der Waals surface area contributed by atoms with Crippen molar-refractivity contribution >= 4 is 17.1 Å². The standard InChI is InChI=1S/C25H26N4O/c1-17-4-7-23(14-24(17)28-25-16-27-30-19(25)3)18(2)29-12-10-22(11-13-29)21-8-5-20(15-26)6-9-21/h4-9,14,16,22,28H,2,10-13H2,1,3H3. The second-order valence-electron chi connectivity index (χ2n) is 7.89. The molecule has 1 aliphatic heterocycles. The molecule has 2 heterocycles. The number of nitrogens with zero attached hydrogens (tertiary/aromatic N) is 3. The highest BCUT2D eigenvalue weighted by Gasteiger charge is 2.22. The van der Waals surface area contributed by atoms with Crippen molar-refractivity contribution in [2.45, 2.75) is 32.6 Å². The van der Waals surface area contributed by atoms with Crippen LogP contribution in [0.1, 0.15) is 46.8 Å². The van der Waals surface area contributed by atoms with Gasteiger partial charge in [-0.2, -0.15) is 5.26 Å². The molecular weight excluding hydrogens is 372 g/mol. The first-order chi connectivity index (χ1) is 14.5. The van der Waals surface area contributed by atoms with Gasteiger partial charge in [-0.1, -0.05) is 36.0 Å². The predicted octanol–water partition coefficient (Wildman–Crippen LogP) is 5.76. The SMILES string of the molecule is C=C(c1ccc(C)c(Nc2cnoc2C)c1)N1CCC(c2ccc(C#N)cc2)CC1. The maximum Gasteiger partial charge on any atom is 0.157 e. The number of likely N-dealkylation sites (tertiary alicyclic amines) is 1. The first-order valence-corrected chi connectivity index (χ1v) is 10.3. The van der Waals surface area contributed by atoms with Crippen LogP contribution in [0.25, 0.3) is 5.70 Å². The summed E-state index contributed by atoms with van der Waals surface area (Å²) in [5.74, 6) is 1.30. The smallest absolute Gasteiger partial charge is 0.157 e. The summed E-state index contributed by atoms with van der Waals surface area (Å²) in [5.41, 5.74) is 7.29. The quantitative estimate of drug-likeness (QED) is 0.592. The molecule has 5 heteroatoms. The first-order valence-electron chi connectivity index (χ1n) is 10.3. The number of anilines is 2. The maximum absolute atomic E-state index is 8.99. The minimum atomic E-state index is 0.536. The summed E-state index contributed by atoms with van der Waals surface area (Å²) in [7, 11) is 0. The van der Waals surface area contributed by atoms with Gasteiger partial charge >= 0.3 is 0 Å². The maximum atomic E-state index is 8.99. The number of rotatable bonds is 5. The number of hydrogen-bond donors (Lipinski definition) is 1. The molecule has 0 radical (unpaired) electrons. The molecule has 30 heavy (non-hydrogen) atoms. The van der Waals surface area contributed by atoms with Gasteiger partial charge in [0.1, 0.15) is 5.69 Å². The van der Waals surface area contributed by atoms with Gasteiger partial charge in [0.15, 0.2) is 5.76 Å². The number of piperidine rings is 1. The molecule has 0 bridgehead atoms. The lowest BCUT2D eigenvalue weighted by Gasteiger charge is -2.35. The third-order valence-corrected chi connectivity index (χ3v) is 5.98. The summed E-state index contributed by atoms with van der Waals surface area (Å²) in [5, 5.41) is 16.2. The van der Waals surface area contributed by atoms with Gasteiger partial charge in [-0.25, -0.2) is 0 Å². The van der Waals surface area contributed by atoms with Crippen molar-refractivity contribution in [1.29, 1.82) is 5.26 Å². The molecule has 1 fully saturated rings. The fraction of sp³-hybridized carbons (Fsp3) is 0.280. The molecule has 0 saturated carbocycles. The highest BCUT2D eigenvalue weighted by molar-refractivity contribution is 5.71. The van der Waals surface area contributed by atoms with E-state index in [0.717, 1.165) is 65.5 Å². The van der Waals surface area contributed by atoms with E-state index < -0.39 is 0 Å². The van der Waals surface area contributed by atoms with Crippen LogP contribution in [0.3, 0.4) is 0 Å². The van der Waals surface area contributed by atoms with E-state index in [1.54, 1.807) is 6.20 Å². The number of benzene rings is 2. The largest absolute Gasteiger partial charge is 0.371 e. The lowest BCUT2D eigenvalue weighted by atomic mass is 9.88. The summed E-state index contributed by atoms with van der Waals surface area (Å²) >= 11 is 0. The summed E-state index contributed by atoms with van der Waals surface area (Å²) in [6, 6.07) is 16.6. The van der Waals surface area contributed by atoms with E-state index in [0.29, 0.717) is 5.92 Å². The summed E-state index contributed by atoms with van der Waals surface area (Å²) in [6.45, 7) is 10.3. The van der Waals surface area contributed by atoms with Crippen LogP contribution in [0.4, 0.5) is 11.4 Å². The number of nitriles is 1. The van der Waals surface area contributed by atoms with Gasteiger partial charge in [-0.15, -0.1) is 0 Å². The third-order valence-electron chi connectivity index (χ3n) is 5.98. The van der Waals surface area contributed by atoms with Crippen LogP contribution in [0.2, 0.25) is 0 Å². The zero-order valence-corrected chi connectivity index (χ0v) is 17.5. The van der Waals surface area contributed by atoms with Crippen LogP contribution >= 0.6 is 0 Å². The van der Waals surface area contributed by atoms with E-state index in [4.69, 9.17) is 9.78 Å². The van der Waals surface area contributed by atoms with Crippen LogP contribution in [-0.4, -0.2) is 23.1 Å². The Bertz CT molecular complexity index is 1080.